The number of hydrogen-bond donors (Lipinski definition) is 2. The molecule has 0 spiro atoms. The third-order valence-electron chi connectivity index (χ3n) is 1.31. The second kappa shape index (κ2) is 5.96. The summed E-state index contributed by atoms with van der Waals surface area (Å²) in [6.07, 6.45) is 0. The second-order valence-corrected chi connectivity index (χ2v) is 2.01. The first-order valence-corrected chi connectivity index (χ1v) is 3.12. The fraction of sp³-hybridized carbons (Fsp3) is 0.125. The molecule has 0 aromatic heterocycles. The van der Waals surface area contributed by atoms with Gasteiger partial charge < -0.3 is 16.0 Å². The normalized spacial score (nSPS) is 7.77. The molecule has 74 valence electrons. The number of para-hydroxylation sites is 1. The number of carbonyl (C=O) groups is 1. The zero-order valence-electron chi connectivity index (χ0n) is 7.19. The molecule has 0 fully saturated rings. The van der Waals surface area contributed by atoms with Crippen LogP contribution < -0.4 is 6.15 Å². The predicted molar refractivity (Wildman–Crippen MR) is 47.0 cm³/mol. The third kappa shape index (κ3) is 3.08. The molecule has 5 heteroatoms. The number of aromatic hydroxyl groups is 1. The number of methoxy groups -OCH3 is 1. The molecule has 0 aliphatic rings. The molecule has 0 heterocycles. The lowest BCUT2D eigenvalue weighted by atomic mass is 10.2. The monoisotopic (exact) mass is 189 g/mol. The molecule has 0 saturated heterocycles. The summed E-state index contributed by atoms with van der Waals surface area (Å²) >= 11 is 0. The van der Waals surface area contributed by atoms with Gasteiger partial charge in [-0.05, 0) is 12.1 Å². The molecule has 1 aromatic carbocycles. The zero-order valence-corrected chi connectivity index (χ0v) is 7.19. The van der Waals surface area contributed by atoms with Gasteiger partial charge in [-0.1, -0.05) is 12.1 Å². The summed E-state index contributed by atoms with van der Waals surface area (Å²) in [5, 5.41) is 9.11. The zero-order chi connectivity index (χ0) is 8.27. The van der Waals surface area contributed by atoms with Crippen LogP contribution in [0.1, 0.15) is 10.4 Å². The van der Waals surface area contributed by atoms with Gasteiger partial charge in [0, 0.05) is 0 Å². The Morgan fingerprint density at radius 1 is 1.38 bits per heavy atom. The van der Waals surface area contributed by atoms with E-state index in [1.807, 2.05) is 0 Å². The smallest absolute Gasteiger partial charge is 0.341 e. The largest absolute Gasteiger partial charge is 0.507 e. The first-order chi connectivity index (χ1) is 5.25. The van der Waals surface area contributed by atoms with E-state index in [0.29, 0.717) is 0 Å². The standard InChI is InChI=1S/C8H8O3.FH.H3N/c1-11-8(10)6-4-2-3-5-7(6)9;;/h2-5,9H,1H3;1H;1H3. The van der Waals surface area contributed by atoms with Crippen LogP contribution in [0.2, 0.25) is 0 Å². The van der Waals surface area contributed by atoms with Crippen molar-refractivity contribution in [2.75, 3.05) is 7.11 Å². The van der Waals surface area contributed by atoms with Crippen LogP contribution >= 0.6 is 0 Å². The molecule has 1 aromatic rings. The Labute approximate surface area is 75.1 Å². The fourth-order valence-electron chi connectivity index (χ4n) is 0.756. The van der Waals surface area contributed by atoms with E-state index in [1.54, 1.807) is 12.1 Å². The highest BCUT2D eigenvalue weighted by Gasteiger charge is 2.08. The number of rotatable bonds is 1. The average molecular weight is 189 g/mol. The topological polar surface area (TPSA) is 81.5 Å². The lowest BCUT2D eigenvalue weighted by molar-refractivity contribution is 0.0597. The maximum absolute atomic E-state index is 10.9. The summed E-state index contributed by atoms with van der Waals surface area (Å²) in [4.78, 5) is 10.9. The van der Waals surface area contributed by atoms with Crippen LogP contribution in [0.5, 0.6) is 5.75 Å². The molecule has 13 heavy (non-hydrogen) atoms. The number of benzene rings is 1. The molecule has 0 atom stereocenters. The number of hydrogen-bond acceptors (Lipinski definition) is 4. The van der Waals surface area contributed by atoms with Gasteiger partial charge in [-0.2, -0.15) is 0 Å². The van der Waals surface area contributed by atoms with E-state index in [2.05, 4.69) is 4.74 Å². The average Bonchev–Trinajstić information content (AvgIpc) is 2.04. The molecule has 4 N–H and O–H groups in total. The van der Waals surface area contributed by atoms with Crippen LogP contribution in [-0.2, 0) is 4.74 Å². The molecule has 0 aliphatic heterocycles. The molecule has 0 bridgehead atoms. The van der Waals surface area contributed by atoms with Crippen molar-refractivity contribution in [3.05, 3.63) is 29.8 Å². The molecule has 0 unspecified atom stereocenters. The minimum atomic E-state index is -0.525. The summed E-state index contributed by atoms with van der Waals surface area (Å²) < 4.78 is 4.42. The van der Waals surface area contributed by atoms with E-state index in [4.69, 9.17) is 5.11 Å². The molecule has 0 radical (unpaired) electrons. The lowest BCUT2D eigenvalue weighted by Gasteiger charge is -1.99. The van der Waals surface area contributed by atoms with E-state index in [9.17, 15) is 4.79 Å². The summed E-state index contributed by atoms with van der Waals surface area (Å²) in [6.45, 7) is 0. The van der Waals surface area contributed by atoms with Crippen LogP contribution in [0.25, 0.3) is 0 Å². The number of phenolic OH excluding ortho intramolecular Hbond substituents is 1. The van der Waals surface area contributed by atoms with Crippen molar-refractivity contribution in [1.29, 1.82) is 0 Å². The summed E-state index contributed by atoms with van der Waals surface area (Å²) in [7, 11) is 1.27. The first-order valence-electron chi connectivity index (χ1n) is 3.12. The molecule has 1 rings (SSSR count). The van der Waals surface area contributed by atoms with Gasteiger partial charge in [0.05, 0.1) is 7.11 Å². The highest BCUT2D eigenvalue weighted by atomic mass is 19.0. The van der Waals surface area contributed by atoms with Crippen LogP contribution in [0.4, 0.5) is 4.70 Å². The molecular weight excluding hydrogens is 177 g/mol. The minimum absolute atomic E-state index is 0. The van der Waals surface area contributed by atoms with E-state index in [-0.39, 0.29) is 22.2 Å². The number of halogens is 1. The molecular formula is C8H12FNO3. The van der Waals surface area contributed by atoms with E-state index < -0.39 is 5.97 Å². The van der Waals surface area contributed by atoms with Gasteiger partial charge in [0.1, 0.15) is 11.3 Å². The van der Waals surface area contributed by atoms with Crippen LogP contribution in [0.15, 0.2) is 24.3 Å². The Kier molecular flexibility index (Phi) is 6.39. The van der Waals surface area contributed by atoms with Crippen molar-refractivity contribution < 1.29 is 19.3 Å². The van der Waals surface area contributed by atoms with Gasteiger partial charge in [-0.25, -0.2) is 4.79 Å². The summed E-state index contributed by atoms with van der Waals surface area (Å²) in [5.74, 6) is -0.581. The van der Waals surface area contributed by atoms with E-state index >= 15 is 0 Å². The molecule has 0 aliphatic carbocycles. The van der Waals surface area contributed by atoms with Crippen molar-refractivity contribution >= 4 is 5.97 Å². The number of esters is 1. The highest BCUT2D eigenvalue weighted by Crippen LogP contribution is 2.15. The Balaban J connectivity index is 0. The fourth-order valence-corrected chi connectivity index (χ4v) is 0.756. The van der Waals surface area contributed by atoms with Crippen molar-refractivity contribution in [3.63, 3.8) is 0 Å². The summed E-state index contributed by atoms with van der Waals surface area (Å²) in [6, 6.07) is 6.24. The van der Waals surface area contributed by atoms with Crippen LogP contribution in [-0.4, -0.2) is 18.2 Å². The van der Waals surface area contributed by atoms with Crippen molar-refractivity contribution in [2.45, 2.75) is 0 Å². The highest BCUT2D eigenvalue weighted by molar-refractivity contribution is 5.92. The number of carbonyl (C=O) groups excluding carboxylic acids is 1. The van der Waals surface area contributed by atoms with Gasteiger partial charge in [-0.15, -0.1) is 0 Å². The van der Waals surface area contributed by atoms with Gasteiger partial charge in [0.15, 0.2) is 0 Å². The molecule has 4 nitrogen and oxygen atoms in total. The van der Waals surface area contributed by atoms with Gasteiger partial charge in [0.25, 0.3) is 0 Å². The Bertz CT molecular complexity index is 278. The maximum atomic E-state index is 10.9. The first kappa shape index (κ1) is 13.9. The Morgan fingerprint density at radius 2 is 1.92 bits per heavy atom. The SMILES string of the molecule is COC(=O)c1ccccc1O.F.N. The third-order valence-corrected chi connectivity index (χ3v) is 1.31. The van der Waals surface area contributed by atoms with Crippen molar-refractivity contribution in [1.82, 2.24) is 6.15 Å². The van der Waals surface area contributed by atoms with Gasteiger partial charge >= 0.3 is 5.97 Å². The van der Waals surface area contributed by atoms with Crippen molar-refractivity contribution in [2.24, 2.45) is 0 Å². The second-order valence-electron chi connectivity index (χ2n) is 2.01. The van der Waals surface area contributed by atoms with Crippen LogP contribution in [0.3, 0.4) is 0 Å². The number of ether oxygens (including phenoxy) is 1. The molecule has 0 saturated carbocycles. The van der Waals surface area contributed by atoms with Crippen molar-refractivity contribution in [3.8, 4) is 5.75 Å². The van der Waals surface area contributed by atoms with E-state index in [0.717, 1.165) is 0 Å². The minimum Gasteiger partial charge on any atom is -0.507 e. The number of phenols is 1. The Hall–Kier alpha value is -1.62. The van der Waals surface area contributed by atoms with Crippen LogP contribution in [0, 0.1) is 0 Å². The molecule has 0 amide bonds. The summed E-state index contributed by atoms with van der Waals surface area (Å²) in [5.41, 5.74) is 0.190. The predicted octanol–water partition coefficient (Wildman–Crippen LogP) is 1.49. The van der Waals surface area contributed by atoms with E-state index in [1.165, 1.54) is 19.2 Å². The lowest BCUT2D eigenvalue weighted by Crippen LogP contribution is -2.00. The van der Waals surface area contributed by atoms with Gasteiger partial charge in [-0.3, -0.25) is 4.70 Å². The Morgan fingerprint density at radius 3 is 2.38 bits per heavy atom. The van der Waals surface area contributed by atoms with Gasteiger partial charge in [0.2, 0.25) is 0 Å². The maximum Gasteiger partial charge on any atom is 0.341 e. The quantitative estimate of drug-likeness (QED) is 0.656.